The molecule has 2 heterocycles. The van der Waals surface area contributed by atoms with Gasteiger partial charge in [-0.3, -0.25) is 4.79 Å². The van der Waals surface area contributed by atoms with Gasteiger partial charge in [-0.2, -0.15) is 5.10 Å². The van der Waals surface area contributed by atoms with Crippen LogP contribution in [0.15, 0.2) is 71.1 Å². The van der Waals surface area contributed by atoms with Gasteiger partial charge >= 0.3 is 0 Å². The van der Waals surface area contributed by atoms with E-state index >= 15 is 0 Å². The molecule has 0 atom stereocenters. The maximum absolute atomic E-state index is 13.1. The number of hydrogen-bond donors (Lipinski definition) is 1. The van der Waals surface area contributed by atoms with Crippen LogP contribution < -0.4 is 5.32 Å². The van der Waals surface area contributed by atoms with Crippen molar-refractivity contribution in [3.63, 3.8) is 0 Å². The molecule has 0 aliphatic carbocycles. The molecule has 0 spiro atoms. The topological polar surface area (TPSA) is 60.1 Å². The van der Waals surface area contributed by atoms with E-state index in [1.807, 2.05) is 19.1 Å². The summed E-state index contributed by atoms with van der Waals surface area (Å²) in [4.78, 5) is 12.9. The first-order valence-corrected chi connectivity index (χ1v) is 9.33. The summed E-state index contributed by atoms with van der Waals surface area (Å²) >= 11 is 6.12. The largest absolute Gasteiger partial charge is 0.460 e. The fourth-order valence-electron chi connectivity index (χ4n) is 2.92. The Morgan fingerprint density at radius 3 is 2.62 bits per heavy atom. The van der Waals surface area contributed by atoms with Gasteiger partial charge in [0.1, 0.15) is 23.0 Å². The highest BCUT2D eigenvalue weighted by Gasteiger charge is 2.19. The zero-order chi connectivity index (χ0) is 20.4. The van der Waals surface area contributed by atoms with Crippen LogP contribution in [0.25, 0.3) is 17.1 Å². The van der Waals surface area contributed by atoms with Gasteiger partial charge in [-0.1, -0.05) is 29.8 Å². The maximum atomic E-state index is 13.1. The van der Waals surface area contributed by atoms with Gasteiger partial charge in [0.15, 0.2) is 5.76 Å². The SMILES string of the molecule is Cc1ccc(-c2cc(C(=O)NCc3ccc(F)cc3)n(-c3cccc(Cl)c3)n2)o1. The average Bonchev–Trinajstić information content (AvgIpc) is 3.34. The van der Waals surface area contributed by atoms with Crippen molar-refractivity contribution in [2.75, 3.05) is 0 Å². The Morgan fingerprint density at radius 1 is 1.14 bits per heavy atom. The molecule has 2 aromatic carbocycles. The number of aryl methyl sites for hydroxylation is 1. The lowest BCUT2D eigenvalue weighted by Crippen LogP contribution is -2.25. The molecule has 4 rings (SSSR count). The molecule has 1 amide bonds. The van der Waals surface area contributed by atoms with E-state index in [1.165, 1.54) is 16.8 Å². The molecule has 0 saturated heterocycles. The molecule has 146 valence electrons. The van der Waals surface area contributed by atoms with Gasteiger partial charge < -0.3 is 9.73 Å². The number of nitrogens with one attached hydrogen (secondary N) is 1. The predicted molar refractivity (Wildman–Crippen MR) is 109 cm³/mol. The second-order valence-corrected chi connectivity index (χ2v) is 6.96. The lowest BCUT2D eigenvalue weighted by Gasteiger charge is -2.09. The molecule has 0 aliphatic rings. The summed E-state index contributed by atoms with van der Waals surface area (Å²) in [6.45, 7) is 2.10. The van der Waals surface area contributed by atoms with E-state index in [0.29, 0.717) is 27.9 Å². The first-order valence-electron chi connectivity index (χ1n) is 8.95. The number of benzene rings is 2. The number of aromatic nitrogens is 2. The fourth-order valence-corrected chi connectivity index (χ4v) is 3.10. The molecule has 5 nitrogen and oxygen atoms in total. The summed E-state index contributed by atoms with van der Waals surface area (Å²) in [5, 5.41) is 7.92. The van der Waals surface area contributed by atoms with Crippen molar-refractivity contribution in [2.24, 2.45) is 0 Å². The molecular weight excluding hydrogens is 393 g/mol. The van der Waals surface area contributed by atoms with Crippen LogP contribution in [-0.4, -0.2) is 15.7 Å². The highest BCUT2D eigenvalue weighted by molar-refractivity contribution is 6.30. The van der Waals surface area contributed by atoms with E-state index in [2.05, 4.69) is 10.4 Å². The molecule has 0 fully saturated rings. The molecule has 0 unspecified atom stereocenters. The highest BCUT2D eigenvalue weighted by Crippen LogP contribution is 2.25. The van der Waals surface area contributed by atoms with Gasteiger partial charge in [0.2, 0.25) is 0 Å². The van der Waals surface area contributed by atoms with Crippen molar-refractivity contribution < 1.29 is 13.6 Å². The minimum Gasteiger partial charge on any atom is -0.460 e. The van der Waals surface area contributed by atoms with E-state index in [4.69, 9.17) is 16.0 Å². The Morgan fingerprint density at radius 2 is 1.93 bits per heavy atom. The van der Waals surface area contributed by atoms with E-state index < -0.39 is 0 Å². The Balaban J connectivity index is 1.67. The molecule has 0 aliphatic heterocycles. The summed E-state index contributed by atoms with van der Waals surface area (Å²) in [6.07, 6.45) is 0. The molecule has 0 saturated carbocycles. The molecular formula is C22H17ClFN3O2. The third kappa shape index (κ3) is 4.22. The molecule has 29 heavy (non-hydrogen) atoms. The van der Waals surface area contributed by atoms with E-state index in [0.717, 1.165) is 11.3 Å². The van der Waals surface area contributed by atoms with Gasteiger partial charge in [0, 0.05) is 17.6 Å². The number of carbonyl (C=O) groups is 1. The lowest BCUT2D eigenvalue weighted by atomic mass is 10.2. The summed E-state index contributed by atoms with van der Waals surface area (Å²) in [7, 11) is 0. The van der Waals surface area contributed by atoms with Gasteiger partial charge in [-0.05, 0) is 55.0 Å². The second-order valence-electron chi connectivity index (χ2n) is 6.53. The van der Waals surface area contributed by atoms with Crippen molar-refractivity contribution in [1.82, 2.24) is 15.1 Å². The predicted octanol–water partition coefficient (Wildman–Crippen LogP) is 5.16. The smallest absolute Gasteiger partial charge is 0.270 e. The van der Waals surface area contributed by atoms with Gasteiger partial charge in [0.25, 0.3) is 5.91 Å². The zero-order valence-corrected chi connectivity index (χ0v) is 16.3. The van der Waals surface area contributed by atoms with Crippen LogP contribution in [-0.2, 0) is 6.54 Å². The molecule has 4 aromatic rings. The summed E-state index contributed by atoms with van der Waals surface area (Å²) < 4.78 is 20.2. The molecule has 0 bridgehead atoms. The third-order valence-corrected chi connectivity index (χ3v) is 4.59. The minimum absolute atomic E-state index is 0.259. The highest BCUT2D eigenvalue weighted by atomic mass is 35.5. The van der Waals surface area contributed by atoms with Gasteiger partial charge in [-0.25, -0.2) is 9.07 Å². The molecule has 1 N–H and O–H groups in total. The Hall–Kier alpha value is -3.38. The summed E-state index contributed by atoms with van der Waals surface area (Å²) in [5.74, 6) is 0.671. The maximum Gasteiger partial charge on any atom is 0.270 e. The zero-order valence-electron chi connectivity index (χ0n) is 15.5. The first kappa shape index (κ1) is 19.0. The van der Waals surface area contributed by atoms with Crippen molar-refractivity contribution in [3.05, 3.63) is 94.6 Å². The molecule has 7 heteroatoms. The quantitative estimate of drug-likeness (QED) is 0.495. The number of nitrogens with zero attached hydrogens (tertiary/aromatic N) is 2. The van der Waals surface area contributed by atoms with Crippen LogP contribution in [0.5, 0.6) is 0 Å². The van der Waals surface area contributed by atoms with Crippen LogP contribution in [0.2, 0.25) is 5.02 Å². The third-order valence-electron chi connectivity index (χ3n) is 4.35. The van der Waals surface area contributed by atoms with Crippen LogP contribution in [0.4, 0.5) is 4.39 Å². The van der Waals surface area contributed by atoms with Gasteiger partial charge in [-0.15, -0.1) is 0 Å². The minimum atomic E-state index is -0.323. The number of carbonyl (C=O) groups excluding carboxylic acids is 1. The number of halogens is 2. The fraction of sp³-hybridized carbons (Fsp3) is 0.0909. The normalized spacial score (nSPS) is 10.9. The van der Waals surface area contributed by atoms with Crippen LogP contribution >= 0.6 is 11.6 Å². The number of rotatable bonds is 5. The van der Waals surface area contributed by atoms with Crippen molar-refractivity contribution >= 4 is 17.5 Å². The average molecular weight is 410 g/mol. The van der Waals surface area contributed by atoms with E-state index in [9.17, 15) is 9.18 Å². The van der Waals surface area contributed by atoms with Crippen LogP contribution in [0.1, 0.15) is 21.8 Å². The van der Waals surface area contributed by atoms with Gasteiger partial charge in [0.05, 0.1) is 5.69 Å². The van der Waals surface area contributed by atoms with Crippen molar-refractivity contribution in [1.29, 1.82) is 0 Å². The Bertz CT molecular complexity index is 1170. The first-order chi connectivity index (χ1) is 14.0. The summed E-state index contributed by atoms with van der Waals surface area (Å²) in [5.41, 5.74) is 2.30. The van der Waals surface area contributed by atoms with E-state index in [-0.39, 0.29) is 18.3 Å². The lowest BCUT2D eigenvalue weighted by molar-refractivity contribution is 0.0943. The standard InChI is InChI=1S/C22H17ClFN3O2/c1-14-5-10-21(29-14)19-12-20(27(26-19)18-4-2-3-16(23)11-18)22(28)25-13-15-6-8-17(24)9-7-15/h2-12H,13H2,1H3,(H,25,28). The number of hydrogen-bond acceptors (Lipinski definition) is 3. The van der Waals surface area contributed by atoms with E-state index in [1.54, 1.807) is 42.5 Å². The Kier molecular flexibility index (Phi) is 5.18. The number of furan rings is 1. The van der Waals surface area contributed by atoms with Crippen molar-refractivity contribution in [2.45, 2.75) is 13.5 Å². The molecule has 2 aromatic heterocycles. The monoisotopic (exact) mass is 409 g/mol. The number of amides is 1. The Labute approximate surface area is 171 Å². The molecule has 0 radical (unpaired) electrons. The van der Waals surface area contributed by atoms with Crippen molar-refractivity contribution in [3.8, 4) is 17.1 Å². The van der Waals surface area contributed by atoms with Crippen LogP contribution in [0, 0.1) is 12.7 Å². The van der Waals surface area contributed by atoms with Crippen LogP contribution in [0.3, 0.4) is 0 Å². The summed E-state index contributed by atoms with van der Waals surface area (Å²) in [6, 6.07) is 18.3. The second kappa shape index (κ2) is 7.93.